The smallest absolute Gasteiger partial charge is 0.255 e. The summed E-state index contributed by atoms with van der Waals surface area (Å²) in [4.78, 5) is 28.1. The van der Waals surface area contributed by atoms with Gasteiger partial charge in [-0.25, -0.2) is 4.98 Å². The third kappa shape index (κ3) is 2.66. The first kappa shape index (κ1) is 13.0. The molecule has 1 aliphatic heterocycles. The van der Waals surface area contributed by atoms with Crippen LogP contribution in [0.25, 0.3) is 11.4 Å². The van der Waals surface area contributed by atoms with Gasteiger partial charge >= 0.3 is 0 Å². The first-order valence-electron chi connectivity index (χ1n) is 6.39. The van der Waals surface area contributed by atoms with Crippen LogP contribution in [0.15, 0.2) is 42.4 Å². The zero-order valence-electron chi connectivity index (χ0n) is 11.3. The number of nitrogens with one attached hydrogen (secondary N) is 2. The van der Waals surface area contributed by atoms with Gasteiger partial charge in [-0.05, 0) is 24.3 Å². The Morgan fingerprint density at radius 3 is 2.67 bits per heavy atom. The van der Waals surface area contributed by atoms with Crippen molar-refractivity contribution in [1.82, 2.24) is 20.1 Å². The second-order valence-corrected chi connectivity index (χ2v) is 4.65. The molecule has 0 unspecified atom stereocenters. The Balaban J connectivity index is 1.71. The second-order valence-electron chi connectivity index (χ2n) is 4.65. The molecular weight excluding hydrogens is 270 g/mol. The van der Waals surface area contributed by atoms with E-state index in [4.69, 9.17) is 0 Å². The molecule has 0 bridgehead atoms. The van der Waals surface area contributed by atoms with Crippen molar-refractivity contribution >= 4 is 17.5 Å². The zero-order chi connectivity index (χ0) is 14.8. The molecule has 1 aliphatic rings. The summed E-state index contributed by atoms with van der Waals surface area (Å²) < 4.78 is 0. The molecule has 7 heteroatoms. The van der Waals surface area contributed by atoms with Crippen LogP contribution in [0.5, 0.6) is 0 Å². The van der Waals surface area contributed by atoms with Gasteiger partial charge in [-0.2, -0.15) is 5.10 Å². The molecule has 1 aromatic carbocycles. The summed E-state index contributed by atoms with van der Waals surface area (Å²) in [5.74, 6) is 0.150. The molecule has 106 valence electrons. The number of H-pyrrole nitrogens is 1. The number of hydrogen-bond acceptors (Lipinski definition) is 5. The first-order chi connectivity index (χ1) is 10.1. The van der Waals surface area contributed by atoms with Crippen molar-refractivity contribution in [2.24, 2.45) is 0 Å². The minimum atomic E-state index is -0.289. The Bertz CT molecular complexity index is 703. The maximum Gasteiger partial charge on any atom is 0.255 e. The van der Waals surface area contributed by atoms with E-state index in [1.807, 2.05) is 24.3 Å². The highest BCUT2D eigenvalue weighted by atomic mass is 16.2. The molecule has 0 radical (unpaired) electrons. The van der Waals surface area contributed by atoms with E-state index >= 15 is 0 Å². The van der Waals surface area contributed by atoms with Gasteiger partial charge < -0.3 is 5.32 Å². The summed E-state index contributed by atoms with van der Waals surface area (Å²) in [5.41, 5.74) is 2.45. The van der Waals surface area contributed by atoms with E-state index in [9.17, 15) is 9.59 Å². The van der Waals surface area contributed by atoms with E-state index in [0.29, 0.717) is 11.5 Å². The van der Waals surface area contributed by atoms with Crippen molar-refractivity contribution in [2.75, 3.05) is 11.9 Å². The molecule has 7 nitrogen and oxygen atoms in total. The van der Waals surface area contributed by atoms with Crippen LogP contribution < -0.4 is 5.32 Å². The van der Waals surface area contributed by atoms with Gasteiger partial charge in [-0.1, -0.05) is 0 Å². The van der Waals surface area contributed by atoms with Crippen LogP contribution in [0.2, 0.25) is 0 Å². The number of hydrogen-bond donors (Lipinski definition) is 2. The summed E-state index contributed by atoms with van der Waals surface area (Å²) in [7, 11) is 0. The normalized spacial score (nSPS) is 14.2. The van der Waals surface area contributed by atoms with Gasteiger partial charge in [0.05, 0.1) is 6.54 Å². The monoisotopic (exact) mass is 283 g/mol. The highest BCUT2D eigenvalue weighted by molar-refractivity contribution is 6.03. The minimum Gasteiger partial charge on any atom is -0.357 e. The van der Waals surface area contributed by atoms with Crippen molar-refractivity contribution in [3.05, 3.63) is 42.4 Å². The topological polar surface area (TPSA) is 91.0 Å². The Hall–Kier alpha value is -2.96. The number of aromatic nitrogens is 3. The summed E-state index contributed by atoms with van der Waals surface area (Å²) in [6.45, 7) is 1.65. The largest absolute Gasteiger partial charge is 0.357 e. The SMILES string of the molecule is CC(=O)N1CC(Nc2ccc(-c3ncn[nH]3)cc2)=CC1=O. The molecule has 0 saturated carbocycles. The molecular formula is C14H13N5O2. The lowest BCUT2D eigenvalue weighted by atomic mass is 10.2. The summed E-state index contributed by atoms with van der Waals surface area (Å²) in [5, 5.41) is 9.72. The van der Waals surface area contributed by atoms with Gasteiger partial charge in [0.25, 0.3) is 5.91 Å². The van der Waals surface area contributed by atoms with E-state index < -0.39 is 0 Å². The predicted molar refractivity (Wildman–Crippen MR) is 75.9 cm³/mol. The molecule has 2 aromatic rings. The van der Waals surface area contributed by atoms with Gasteiger partial charge in [0.15, 0.2) is 5.82 Å². The molecule has 0 fully saturated rings. The molecule has 21 heavy (non-hydrogen) atoms. The van der Waals surface area contributed by atoms with Crippen LogP contribution in [0.3, 0.4) is 0 Å². The van der Waals surface area contributed by atoms with Crippen molar-refractivity contribution in [1.29, 1.82) is 0 Å². The third-order valence-electron chi connectivity index (χ3n) is 3.15. The van der Waals surface area contributed by atoms with E-state index in [1.165, 1.54) is 24.2 Å². The number of aromatic amines is 1. The van der Waals surface area contributed by atoms with Crippen molar-refractivity contribution in [2.45, 2.75) is 6.92 Å². The zero-order valence-corrected chi connectivity index (χ0v) is 11.3. The standard InChI is InChI=1S/C14H13N5O2/c1-9(20)19-7-12(6-13(19)21)17-11-4-2-10(3-5-11)14-15-8-16-18-14/h2-6,8,17H,7H2,1H3,(H,15,16,18). The number of nitrogens with zero attached hydrogens (tertiary/aromatic N) is 3. The molecule has 0 spiro atoms. The Morgan fingerprint density at radius 2 is 2.10 bits per heavy atom. The maximum atomic E-state index is 11.6. The minimum absolute atomic E-state index is 0.256. The lowest BCUT2D eigenvalue weighted by molar-refractivity contribution is -0.138. The van der Waals surface area contributed by atoms with Crippen molar-refractivity contribution in [3.8, 4) is 11.4 Å². The quantitative estimate of drug-likeness (QED) is 0.882. The fraction of sp³-hybridized carbons (Fsp3) is 0.143. The molecule has 0 aliphatic carbocycles. The lowest BCUT2D eigenvalue weighted by Gasteiger charge is -2.12. The molecule has 2 heterocycles. The number of amides is 2. The first-order valence-corrected chi connectivity index (χ1v) is 6.39. The van der Waals surface area contributed by atoms with Crippen LogP contribution in [-0.4, -0.2) is 38.4 Å². The van der Waals surface area contributed by atoms with Crippen LogP contribution in [0.1, 0.15) is 6.92 Å². The second kappa shape index (κ2) is 5.20. The Kier molecular flexibility index (Phi) is 3.23. The molecule has 3 rings (SSSR count). The van der Waals surface area contributed by atoms with Gasteiger partial charge in [0, 0.05) is 29.9 Å². The summed E-state index contributed by atoms with van der Waals surface area (Å²) in [6, 6.07) is 7.53. The highest BCUT2D eigenvalue weighted by Gasteiger charge is 2.24. The Morgan fingerprint density at radius 1 is 1.33 bits per heavy atom. The van der Waals surface area contributed by atoms with Crippen LogP contribution in [0, 0.1) is 0 Å². The van der Waals surface area contributed by atoms with E-state index in [2.05, 4.69) is 20.5 Å². The van der Waals surface area contributed by atoms with E-state index in [0.717, 1.165) is 11.3 Å². The van der Waals surface area contributed by atoms with Crippen LogP contribution in [-0.2, 0) is 9.59 Å². The molecule has 2 amide bonds. The number of benzene rings is 1. The number of rotatable bonds is 3. The van der Waals surface area contributed by atoms with Gasteiger partial charge in [-0.15, -0.1) is 0 Å². The third-order valence-corrected chi connectivity index (χ3v) is 3.15. The number of carbonyl (C=O) groups excluding carboxylic acids is 2. The van der Waals surface area contributed by atoms with Crippen LogP contribution in [0.4, 0.5) is 5.69 Å². The molecule has 2 N–H and O–H groups in total. The van der Waals surface area contributed by atoms with Crippen molar-refractivity contribution < 1.29 is 9.59 Å². The van der Waals surface area contributed by atoms with Gasteiger partial charge in [-0.3, -0.25) is 19.6 Å². The number of imide groups is 1. The predicted octanol–water partition coefficient (Wildman–Crippen LogP) is 1.16. The Labute approximate surface area is 120 Å². The lowest BCUT2D eigenvalue weighted by Crippen LogP contribution is -2.31. The molecule has 0 saturated heterocycles. The highest BCUT2D eigenvalue weighted by Crippen LogP contribution is 2.20. The molecule has 1 aromatic heterocycles. The molecule has 0 atom stereocenters. The summed E-state index contributed by atoms with van der Waals surface area (Å²) in [6.07, 6.45) is 2.89. The number of anilines is 1. The maximum absolute atomic E-state index is 11.6. The van der Waals surface area contributed by atoms with Gasteiger partial charge in [0.1, 0.15) is 6.33 Å². The average molecular weight is 283 g/mol. The fourth-order valence-corrected chi connectivity index (χ4v) is 2.10. The van der Waals surface area contributed by atoms with Crippen molar-refractivity contribution in [3.63, 3.8) is 0 Å². The van der Waals surface area contributed by atoms with E-state index in [-0.39, 0.29) is 18.4 Å². The number of carbonyl (C=O) groups is 2. The average Bonchev–Trinajstić information content (AvgIpc) is 3.09. The fourth-order valence-electron chi connectivity index (χ4n) is 2.10. The van der Waals surface area contributed by atoms with Crippen LogP contribution >= 0.6 is 0 Å². The van der Waals surface area contributed by atoms with Gasteiger partial charge in [0.2, 0.25) is 5.91 Å². The van der Waals surface area contributed by atoms with E-state index in [1.54, 1.807) is 0 Å². The summed E-state index contributed by atoms with van der Waals surface area (Å²) >= 11 is 0.